The number of nitrogens with two attached hydrogens (primary N) is 1. The van der Waals surface area contributed by atoms with E-state index in [4.69, 9.17) is 10.2 Å². The van der Waals surface area contributed by atoms with Gasteiger partial charge in [0.1, 0.15) is 5.76 Å². The van der Waals surface area contributed by atoms with Gasteiger partial charge in [-0.3, -0.25) is 4.90 Å². The predicted molar refractivity (Wildman–Crippen MR) is 96.4 cm³/mol. The molecule has 1 aliphatic rings. The lowest BCUT2D eigenvalue weighted by atomic mass is 10.2. The first-order valence-corrected chi connectivity index (χ1v) is 7.82. The fourth-order valence-corrected chi connectivity index (χ4v) is 3.24. The van der Waals surface area contributed by atoms with Crippen LogP contribution < -0.4 is 5.73 Å². The van der Waals surface area contributed by atoms with Gasteiger partial charge in [-0.25, -0.2) is 0 Å². The summed E-state index contributed by atoms with van der Waals surface area (Å²) >= 11 is 1.67. The van der Waals surface area contributed by atoms with Gasteiger partial charge in [0.25, 0.3) is 0 Å². The fraction of sp³-hybridized carbons (Fsp3) is 0.375. The third-order valence-corrected chi connectivity index (χ3v) is 4.49. The van der Waals surface area contributed by atoms with Crippen LogP contribution in [0.2, 0.25) is 0 Å². The summed E-state index contributed by atoms with van der Waals surface area (Å²) in [6.07, 6.45) is 1.09. The Morgan fingerprint density at radius 3 is 2.55 bits per heavy atom. The molecule has 0 spiro atoms. The number of halogens is 2. The molecule has 122 valence electrons. The molecule has 2 aromatic rings. The molecular weight excluding hydrogens is 339 g/mol. The lowest BCUT2D eigenvalue weighted by molar-refractivity contribution is 0.283. The molecule has 1 atom stereocenters. The molecule has 0 radical (unpaired) electrons. The SMILES string of the molecule is Cc1ccc(Sc2ccc(CN3CCC(N)C3)o2)cc1.Cl.Cl. The second kappa shape index (κ2) is 8.85. The fourth-order valence-electron chi connectivity index (χ4n) is 2.45. The van der Waals surface area contributed by atoms with Crippen LogP contribution in [-0.4, -0.2) is 24.0 Å². The van der Waals surface area contributed by atoms with Crippen LogP contribution >= 0.6 is 36.6 Å². The normalized spacial score (nSPS) is 17.8. The van der Waals surface area contributed by atoms with Crippen molar-refractivity contribution in [2.45, 2.75) is 35.9 Å². The maximum atomic E-state index is 5.92. The van der Waals surface area contributed by atoms with Crippen molar-refractivity contribution in [1.29, 1.82) is 0 Å². The molecule has 1 unspecified atom stereocenters. The standard InChI is InChI=1S/C16H20N2OS.2ClH/c1-12-2-5-15(6-3-12)20-16-7-4-14(19-16)11-18-9-8-13(17)10-18;;/h2-7,13H,8-11,17H2,1H3;2*1H. The molecule has 22 heavy (non-hydrogen) atoms. The minimum Gasteiger partial charge on any atom is -0.453 e. The van der Waals surface area contributed by atoms with Gasteiger partial charge in [0, 0.05) is 24.0 Å². The van der Waals surface area contributed by atoms with Gasteiger partial charge in [-0.05, 0) is 37.6 Å². The Bertz CT molecular complexity index is 574. The van der Waals surface area contributed by atoms with Gasteiger partial charge in [-0.1, -0.05) is 29.5 Å². The van der Waals surface area contributed by atoms with Crippen LogP contribution in [0.4, 0.5) is 0 Å². The summed E-state index contributed by atoms with van der Waals surface area (Å²) in [4.78, 5) is 3.56. The zero-order chi connectivity index (χ0) is 13.9. The highest BCUT2D eigenvalue weighted by atomic mass is 35.5. The summed E-state index contributed by atoms with van der Waals surface area (Å²) in [5, 5.41) is 0.951. The van der Waals surface area contributed by atoms with Crippen LogP contribution in [0.25, 0.3) is 0 Å². The molecule has 3 rings (SSSR count). The second-order valence-electron chi connectivity index (χ2n) is 5.42. The third-order valence-electron chi connectivity index (χ3n) is 3.56. The van der Waals surface area contributed by atoms with Gasteiger partial charge in [0.05, 0.1) is 6.54 Å². The zero-order valence-electron chi connectivity index (χ0n) is 12.5. The molecule has 1 saturated heterocycles. The van der Waals surface area contributed by atoms with Crippen molar-refractivity contribution < 1.29 is 4.42 Å². The lowest BCUT2D eigenvalue weighted by Gasteiger charge is -2.12. The molecule has 1 aliphatic heterocycles. The number of hydrogen-bond acceptors (Lipinski definition) is 4. The summed E-state index contributed by atoms with van der Waals surface area (Å²) in [7, 11) is 0. The molecule has 3 nitrogen and oxygen atoms in total. The average molecular weight is 361 g/mol. The monoisotopic (exact) mass is 360 g/mol. The molecule has 6 heteroatoms. The van der Waals surface area contributed by atoms with Gasteiger partial charge in [-0.15, -0.1) is 24.8 Å². The molecule has 2 N–H and O–H groups in total. The van der Waals surface area contributed by atoms with E-state index >= 15 is 0 Å². The van der Waals surface area contributed by atoms with Crippen LogP contribution in [0.15, 0.2) is 50.8 Å². The first-order valence-electron chi connectivity index (χ1n) is 7.00. The van der Waals surface area contributed by atoms with Crippen LogP contribution in [0, 0.1) is 6.92 Å². The van der Waals surface area contributed by atoms with Crippen LogP contribution in [0.1, 0.15) is 17.7 Å². The number of nitrogens with zero attached hydrogens (tertiary/aromatic N) is 1. The second-order valence-corrected chi connectivity index (χ2v) is 6.50. The highest BCUT2D eigenvalue weighted by Crippen LogP contribution is 2.29. The van der Waals surface area contributed by atoms with E-state index < -0.39 is 0 Å². The van der Waals surface area contributed by atoms with Crippen LogP contribution in [0.5, 0.6) is 0 Å². The molecule has 0 amide bonds. The maximum absolute atomic E-state index is 5.92. The van der Waals surface area contributed by atoms with Crippen molar-refractivity contribution in [3.8, 4) is 0 Å². The Balaban J connectivity index is 0.00000121. The minimum absolute atomic E-state index is 0. The molecule has 0 saturated carbocycles. The van der Waals surface area contributed by atoms with Gasteiger partial charge in [-0.2, -0.15) is 0 Å². The lowest BCUT2D eigenvalue weighted by Crippen LogP contribution is -2.26. The van der Waals surface area contributed by atoms with Gasteiger partial charge in [0.2, 0.25) is 0 Å². The van der Waals surface area contributed by atoms with E-state index in [2.05, 4.69) is 48.2 Å². The number of hydrogen-bond donors (Lipinski definition) is 1. The molecule has 2 heterocycles. The number of aryl methyl sites for hydroxylation is 1. The maximum Gasteiger partial charge on any atom is 0.165 e. The topological polar surface area (TPSA) is 42.4 Å². The summed E-state index contributed by atoms with van der Waals surface area (Å²) < 4.78 is 5.90. The Labute approximate surface area is 148 Å². The van der Waals surface area contributed by atoms with E-state index in [0.29, 0.717) is 6.04 Å². The Hall–Kier alpha value is -0.650. The van der Waals surface area contributed by atoms with Crippen molar-refractivity contribution in [1.82, 2.24) is 4.90 Å². The Kier molecular flexibility index (Phi) is 7.80. The smallest absolute Gasteiger partial charge is 0.165 e. The summed E-state index contributed by atoms with van der Waals surface area (Å²) in [5.74, 6) is 1.02. The predicted octanol–water partition coefficient (Wildman–Crippen LogP) is 4.12. The summed E-state index contributed by atoms with van der Waals surface area (Å²) in [6.45, 7) is 5.01. The van der Waals surface area contributed by atoms with Crippen molar-refractivity contribution >= 4 is 36.6 Å². The van der Waals surface area contributed by atoms with Crippen molar-refractivity contribution in [2.24, 2.45) is 5.73 Å². The highest BCUT2D eigenvalue weighted by Gasteiger charge is 2.20. The highest BCUT2D eigenvalue weighted by molar-refractivity contribution is 7.99. The summed E-state index contributed by atoms with van der Waals surface area (Å²) in [6, 6.07) is 12.9. The quantitative estimate of drug-likeness (QED) is 0.890. The van der Waals surface area contributed by atoms with Crippen molar-refractivity contribution in [3.05, 3.63) is 47.7 Å². The number of likely N-dealkylation sites (tertiary alicyclic amines) is 1. The van der Waals surface area contributed by atoms with Gasteiger partial charge >= 0.3 is 0 Å². The number of rotatable bonds is 4. The third kappa shape index (κ3) is 5.21. The van der Waals surface area contributed by atoms with Gasteiger partial charge < -0.3 is 10.2 Å². The number of furan rings is 1. The van der Waals surface area contributed by atoms with E-state index in [1.54, 1.807) is 11.8 Å². The average Bonchev–Trinajstić information content (AvgIpc) is 3.02. The molecule has 1 aromatic heterocycles. The Morgan fingerprint density at radius 1 is 1.18 bits per heavy atom. The Morgan fingerprint density at radius 2 is 1.91 bits per heavy atom. The van der Waals surface area contributed by atoms with E-state index in [0.717, 1.165) is 36.9 Å². The van der Waals surface area contributed by atoms with E-state index in [9.17, 15) is 0 Å². The molecular formula is C16H22Cl2N2OS. The zero-order valence-corrected chi connectivity index (χ0v) is 15.0. The molecule has 0 bridgehead atoms. The van der Waals surface area contributed by atoms with Crippen molar-refractivity contribution in [3.63, 3.8) is 0 Å². The molecule has 0 aliphatic carbocycles. The molecule has 1 fully saturated rings. The minimum atomic E-state index is 0. The van der Waals surface area contributed by atoms with E-state index in [-0.39, 0.29) is 24.8 Å². The first kappa shape index (κ1) is 19.4. The van der Waals surface area contributed by atoms with E-state index in [1.165, 1.54) is 10.5 Å². The summed E-state index contributed by atoms with van der Waals surface area (Å²) in [5.41, 5.74) is 7.20. The van der Waals surface area contributed by atoms with E-state index in [1.807, 2.05) is 0 Å². The van der Waals surface area contributed by atoms with Crippen LogP contribution in [-0.2, 0) is 6.54 Å². The van der Waals surface area contributed by atoms with Crippen molar-refractivity contribution in [2.75, 3.05) is 13.1 Å². The van der Waals surface area contributed by atoms with Crippen LogP contribution in [0.3, 0.4) is 0 Å². The first-order chi connectivity index (χ1) is 9.69. The molecule has 1 aromatic carbocycles. The largest absolute Gasteiger partial charge is 0.453 e. The number of benzene rings is 1. The van der Waals surface area contributed by atoms with Gasteiger partial charge in [0.15, 0.2) is 5.09 Å².